The van der Waals surface area contributed by atoms with E-state index in [0.29, 0.717) is 19.3 Å². The number of likely N-dealkylation sites (N-methyl/N-ethyl adjacent to an activating group) is 1. The lowest BCUT2D eigenvalue weighted by molar-refractivity contribution is 0.0581. The van der Waals surface area contributed by atoms with Gasteiger partial charge in [0.05, 0.1) is 19.8 Å². The van der Waals surface area contributed by atoms with Gasteiger partial charge in [0.25, 0.3) is 0 Å². The zero-order valence-electron chi connectivity index (χ0n) is 10.7. The quantitative estimate of drug-likeness (QED) is 0.568. The minimum absolute atomic E-state index is 0.487. The second kappa shape index (κ2) is 10.4. The van der Waals surface area contributed by atoms with Crippen molar-refractivity contribution in [2.24, 2.45) is 5.92 Å². The summed E-state index contributed by atoms with van der Waals surface area (Å²) in [6.07, 6.45) is 3.77. The fraction of sp³-hybridized carbons (Fsp3) is 1.00. The normalized spacial score (nSPS) is 13.4. The molecule has 92 valence electrons. The zero-order chi connectivity index (χ0) is 11.5. The molecule has 3 heteroatoms. The molecule has 0 aliphatic carbocycles. The molecular formula is C12H27NO2. The first-order valence-electron chi connectivity index (χ1n) is 5.94. The average Bonchev–Trinajstić information content (AvgIpc) is 2.21. The molecule has 0 aromatic rings. The number of rotatable bonds is 10. The minimum Gasteiger partial charge on any atom is -0.382 e. The molecule has 0 aromatic carbocycles. The number of ether oxygens (including phenoxy) is 2. The van der Waals surface area contributed by atoms with Crippen molar-refractivity contribution in [3.05, 3.63) is 0 Å². The molecule has 0 radical (unpaired) electrons. The van der Waals surface area contributed by atoms with E-state index >= 15 is 0 Å². The maximum absolute atomic E-state index is 5.50. The van der Waals surface area contributed by atoms with Crippen LogP contribution in [0, 0.1) is 5.92 Å². The molecule has 1 N–H and O–H groups in total. The van der Waals surface area contributed by atoms with Crippen molar-refractivity contribution in [3.63, 3.8) is 0 Å². The van der Waals surface area contributed by atoms with Gasteiger partial charge >= 0.3 is 0 Å². The van der Waals surface area contributed by atoms with Crippen molar-refractivity contribution >= 4 is 0 Å². The molecule has 0 fully saturated rings. The van der Waals surface area contributed by atoms with Crippen molar-refractivity contribution in [2.75, 3.05) is 34.0 Å². The van der Waals surface area contributed by atoms with Crippen LogP contribution in [0.5, 0.6) is 0 Å². The highest BCUT2D eigenvalue weighted by atomic mass is 16.5. The molecule has 0 aliphatic heterocycles. The van der Waals surface area contributed by atoms with E-state index in [0.717, 1.165) is 12.5 Å². The van der Waals surface area contributed by atoms with Gasteiger partial charge in [-0.25, -0.2) is 0 Å². The standard InChI is InChI=1S/C12H27NO2/c1-11(2)6-5-7-12(13-3)10-15-9-8-14-4/h11-13H,5-10H2,1-4H3. The summed E-state index contributed by atoms with van der Waals surface area (Å²) in [5.74, 6) is 0.803. The smallest absolute Gasteiger partial charge is 0.0701 e. The van der Waals surface area contributed by atoms with E-state index in [-0.39, 0.29) is 0 Å². The molecule has 0 rings (SSSR count). The van der Waals surface area contributed by atoms with Gasteiger partial charge in [-0.05, 0) is 19.4 Å². The predicted molar refractivity (Wildman–Crippen MR) is 64.2 cm³/mol. The van der Waals surface area contributed by atoms with Crippen LogP contribution in [0.25, 0.3) is 0 Å². The highest BCUT2D eigenvalue weighted by Crippen LogP contribution is 2.08. The molecule has 0 saturated heterocycles. The van der Waals surface area contributed by atoms with Gasteiger partial charge in [0.1, 0.15) is 0 Å². The largest absolute Gasteiger partial charge is 0.382 e. The molecule has 1 unspecified atom stereocenters. The highest BCUT2D eigenvalue weighted by Gasteiger charge is 2.06. The second-order valence-electron chi connectivity index (χ2n) is 4.38. The number of hydrogen-bond donors (Lipinski definition) is 1. The first kappa shape index (κ1) is 14.9. The van der Waals surface area contributed by atoms with Crippen molar-refractivity contribution < 1.29 is 9.47 Å². The fourth-order valence-electron chi connectivity index (χ4n) is 1.45. The molecule has 15 heavy (non-hydrogen) atoms. The molecule has 0 amide bonds. The van der Waals surface area contributed by atoms with Crippen LogP contribution in [-0.4, -0.2) is 40.0 Å². The number of hydrogen-bond acceptors (Lipinski definition) is 3. The van der Waals surface area contributed by atoms with Crippen molar-refractivity contribution in [2.45, 2.75) is 39.2 Å². The van der Waals surface area contributed by atoms with Gasteiger partial charge in [0.15, 0.2) is 0 Å². The Balaban J connectivity index is 3.38. The van der Waals surface area contributed by atoms with E-state index < -0.39 is 0 Å². The van der Waals surface area contributed by atoms with Crippen LogP contribution in [0.1, 0.15) is 33.1 Å². The Labute approximate surface area is 94.5 Å². The van der Waals surface area contributed by atoms with Gasteiger partial charge < -0.3 is 14.8 Å². The van der Waals surface area contributed by atoms with Crippen molar-refractivity contribution in [3.8, 4) is 0 Å². The molecule has 1 atom stereocenters. The third kappa shape index (κ3) is 10.2. The Hall–Kier alpha value is -0.120. The molecule has 0 aromatic heterocycles. The van der Waals surface area contributed by atoms with Gasteiger partial charge in [0.2, 0.25) is 0 Å². The minimum atomic E-state index is 0.487. The Morgan fingerprint density at radius 1 is 1.13 bits per heavy atom. The Morgan fingerprint density at radius 3 is 2.40 bits per heavy atom. The van der Waals surface area contributed by atoms with E-state index in [9.17, 15) is 0 Å². The lowest BCUT2D eigenvalue weighted by Gasteiger charge is -2.16. The fourth-order valence-corrected chi connectivity index (χ4v) is 1.45. The molecule has 0 saturated carbocycles. The Bertz CT molecular complexity index is 129. The first-order chi connectivity index (χ1) is 7.20. The van der Waals surface area contributed by atoms with Crippen molar-refractivity contribution in [1.82, 2.24) is 5.32 Å². The van der Waals surface area contributed by atoms with Crippen LogP contribution in [0.2, 0.25) is 0 Å². The maximum Gasteiger partial charge on any atom is 0.0701 e. The molecule has 0 aliphatic rings. The third-order valence-corrected chi connectivity index (χ3v) is 2.49. The predicted octanol–water partition coefficient (Wildman–Crippen LogP) is 2.06. The van der Waals surface area contributed by atoms with Gasteiger partial charge in [0, 0.05) is 13.2 Å². The summed E-state index contributed by atoms with van der Waals surface area (Å²) in [5, 5.41) is 3.29. The van der Waals surface area contributed by atoms with Crippen LogP contribution in [0.3, 0.4) is 0 Å². The Morgan fingerprint density at radius 2 is 1.87 bits per heavy atom. The molecule has 0 heterocycles. The van der Waals surface area contributed by atoms with E-state index in [4.69, 9.17) is 9.47 Å². The summed E-state index contributed by atoms with van der Waals surface area (Å²) in [5.41, 5.74) is 0. The average molecular weight is 217 g/mol. The number of methoxy groups -OCH3 is 1. The van der Waals surface area contributed by atoms with Crippen LogP contribution in [0.15, 0.2) is 0 Å². The molecule has 0 spiro atoms. The lowest BCUT2D eigenvalue weighted by atomic mass is 10.0. The van der Waals surface area contributed by atoms with Crippen LogP contribution in [0.4, 0.5) is 0 Å². The summed E-state index contributed by atoms with van der Waals surface area (Å²) in [4.78, 5) is 0. The topological polar surface area (TPSA) is 30.5 Å². The second-order valence-corrected chi connectivity index (χ2v) is 4.38. The summed E-state index contributed by atoms with van der Waals surface area (Å²) < 4.78 is 10.4. The SMILES string of the molecule is CNC(CCCC(C)C)COCCOC. The van der Waals surface area contributed by atoms with Gasteiger partial charge in [-0.3, -0.25) is 0 Å². The zero-order valence-corrected chi connectivity index (χ0v) is 10.7. The first-order valence-corrected chi connectivity index (χ1v) is 5.94. The Kier molecular flexibility index (Phi) is 10.3. The van der Waals surface area contributed by atoms with E-state index in [1.54, 1.807) is 7.11 Å². The summed E-state index contributed by atoms with van der Waals surface area (Å²) in [7, 11) is 3.70. The van der Waals surface area contributed by atoms with E-state index in [1.165, 1.54) is 19.3 Å². The maximum atomic E-state index is 5.50. The third-order valence-electron chi connectivity index (χ3n) is 2.49. The van der Waals surface area contributed by atoms with E-state index in [1.807, 2.05) is 7.05 Å². The van der Waals surface area contributed by atoms with Gasteiger partial charge in [-0.1, -0.05) is 26.7 Å². The summed E-state index contributed by atoms with van der Waals surface area (Å²) >= 11 is 0. The van der Waals surface area contributed by atoms with Crippen LogP contribution < -0.4 is 5.32 Å². The summed E-state index contributed by atoms with van der Waals surface area (Å²) in [6, 6.07) is 0.487. The molecule has 3 nitrogen and oxygen atoms in total. The lowest BCUT2D eigenvalue weighted by Crippen LogP contribution is -2.30. The number of nitrogens with one attached hydrogen (secondary N) is 1. The van der Waals surface area contributed by atoms with Crippen LogP contribution >= 0.6 is 0 Å². The van der Waals surface area contributed by atoms with Gasteiger partial charge in [-0.15, -0.1) is 0 Å². The molecule has 0 bridgehead atoms. The highest BCUT2D eigenvalue weighted by molar-refractivity contribution is 4.64. The van der Waals surface area contributed by atoms with Crippen molar-refractivity contribution in [1.29, 1.82) is 0 Å². The summed E-state index contributed by atoms with van der Waals surface area (Å²) in [6.45, 7) is 6.70. The molecular weight excluding hydrogens is 190 g/mol. The van der Waals surface area contributed by atoms with E-state index in [2.05, 4.69) is 19.2 Å². The monoisotopic (exact) mass is 217 g/mol. The van der Waals surface area contributed by atoms with Gasteiger partial charge in [-0.2, -0.15) is 0 Å². The van der Waals surface area contributed by atoms with Crippen LogP contribution in [-0.2, 0) is 9.47 Å².